The molecule has 1 heteroatoms. The molecular weight excluding hydrogens is 158 g/mol. The van der Waals surface area contributed by atoms with E-state index in [1.54, 1.807) is 0 Å². The molecule has 0 fully saturated rings. The maximum absolute atomic E-state index is 6.08. The Bertz CT molecular complexity index is 120. The lowest BCUT2D eigenvalue weighted by atomic mass is 9.82. The zero-order valence-electron chi connectivity index (χ0n) is 10.0. The maximum atomic E-state index is 6.08. The summed E-state index contributed by atoms with van der Waals surface area (Å²) >= 11 is 0. The van der Waals surface area contributed by atoms with Crippen LogP contribution in [-0.2, 0) is 0 Å². The Morgan fingerprint density at radius 3 is 1.85 bits per heavy atom. The van der Waals surface area contributed by atoms with Crippen molar-refractivity contribution in [3.8, 4) is 0 Å². The van der Waals surface area contributed by atoms with Gasteiger partial charge in [-0.1, -0.05) is 41.0 Å². The molecule has 0 radical (unpaired) electrons. The Hall–Kier alpha value is -0.0400. The van der Waals surface area contributed by atoms with Crippen LogP contribution in [0.3, 0.4) is 0 Å². The van der Waals surface area contributed by atoms with Crippen molar-refractivity contribution in [3.63, 3.8) is 0 Å². The second-order valence-electron chi connectivity index (χ2n) is 4.70. The molecule has 3 atom stereocenters. The van der Waals surface area contributed by atoms with Crippen LogP contribution in [0.15, 0.2) is 0 Å². The Balaban J connectivity index is 3.97. The molecule has 13 heavy (non-hydrogen) atoms. The highest BCUT2D eigenvalue weighted by Crippen LogP contribution is 2.24. The van der Waals surface area contributed by atoms with Crippen LogP contribution >= 0.6 is 0 Å². The van der Waals surface area contributed by atoms with Crippen LogP contribution in [-0.4, -0.2) is 6.04 Å². The molecule has 80 valence electrons. The van der Waals surface area contributed by atoms with E-state index in [1.165, 1.54) is 12.8 Å². The summed E-state index contributed by atoms with van der Waals surface area (Å²) in [6.07, 6.45) is 3.64. The quantitative estimate of drug-likeness (QED) is 0.674. The molecule has 0 saturated carbocycles. The average molecular weight is 185 g/mol. The van der Waals surface area contributed by atoms with Crippen LogP contribution in [0.1, 0.15) is 53.9 Å². The zero-order valence-corrected chi connectivity index (χ0v) is 10.0. The maximum Gasteiger partial charge on any atom is 0.00645 e. The molecule has 0 aromatic rings. The Morgan fingerprint density at radius 2 is 1.54 bits per heavy atom. The molecule has 0 bridgehead atoms. The van der Waals surface area contributed by atoms with E-state index in [4.69, 9.17) is 5.73 Å². The minimum atomic E-state index is 0.409. The lowest BCUT2D eigenvalue weighted by Crippen LogP contribution is -2.30. The fourth-order valence-corrected chi connectivity index (χ4v) is 1.73. The van der Waals surface area contributed by atoms with Gasteiger partial charge in [0.25, 0.3) is 0 Å². The third kappa shape index (κ3) is 4.66. The van der Waals surface area contributed by atoms with Gasteiger partial charge in [0.2, 0.25) is 0 Å². The van der Waals surface area contributed by atoms with Crippen LogP contribution in [0.25, 0.3) is 0 Å². The molecule has 0 aromatic heterocycles. The van der Waals surface area contributed by atoms with Crippen molar-refractivity contribution in [2.24, 2.45) is 23.5 Å². The van der Waals surface area contributed by atoms with Crippen LogP contribution in [0.5, 0.6) is 0 Å². The lowest BCUT2D eigenvalue weighted by Gasteiger charge is -2.26. The summed E-state index contributed by atoms with van der Waals surface area (Å²) in [5.74, 6) is 2.32. The fraction of sp³-hybridized carbons (Fsp3) is 1.00. The third-order valence-electron chi connectivity index (χ3n) is 3.41. The monoisotopic (exact) mass is 185 g/mol. The van der Waals surface area contributed by atoms with Gasteiger partial charge in [0.1, 0.15) is 0 Å². The summed E-state index contributed by atoms with van der Waals surface area (Å²) in [6, 6.07) is 0.409. The van der Waals surface area contributed by atoms with E-state index in [2.05, 4.69) is 34.6 Å². The van der Waals surface area contributed by atoms with Gasteiger partial charge in [-0.3, -0.25) is 0 Å². The standard InChI is InChI=1S/C12H27N/c1-6-11(12(13)7-2)8-10(5)9(3)4/h9-12H,6-8,13H2,1-5H3. The van der Waals surface area contributed by atoms with Crippen molar-refractivity contribution in [2.45, 2.75) is 59.9 Å². The summed E-state index contributed by atoms with van der Waals surface area (Å²) in [7, 11) is 0. The topological polar surface area (TPSA) is 26.0 Å². The predicted octanol–water partition coefficient (Wildman–Crippen LogP) is 3.43. The highest BCUT2D eigenvalue weighted by atomic mass is 14.6. The Labute approximate surface area is 84.1 Å². The van der Waals surface area contributed by atoms with Crippen molar-refractivity contribution < 1.29 is 0 Å². The van der Waals surface area contributed by atoms with Gasteiger partial charge >= 0.3 is 0 Å². The van der Waals surface area contributed by atoms with Gasteiger partial charge in [0.15, 0.2) is 0 Å². The van der Waals surface area contributed by atoms with Gasteiger partial charge in [-0.25, -0.2) is 0 Å². The third-order valence-corrected chi connectivity index (χ3v) is 3.41. The molecule has 0 saturated heterocycles. The van der Waals surface area contributed by atoms with Gasteiger partial charge in [0.05, 0.1) is 0 Å². The summed E-state index contributed by atoms with van der Waals surface area (Å²) in [4.78, 5) is 0. The summed E-state index contributed by atoms with van der Waals surface area (Å²) in [6.45, 7) is 11.4. The van der Waals surface area contributed by atoms with E-state index < -0.39 is 0 Å². The SMILES string of the molecule is CCC(N)C(CC)CC(C)C(C)C. The van der Waals surface area contributed by atoms with E-state index in [9.17, 15) is 0 Å². The van der Waals surface area contributed by atoms with E-state index in [-0.39, 0.29) is 0 Å². The molecule has 2 N–H and O–H groups in total. The summed E-state index contributed by atoms with van der Waals surface area (Å²) < 4.78 is 0. The van der Waals surface area contributed by atoms with Crippen LogP contribution < -0.4 is 5.73 Å². The number of hydrogen-bond acceptors (Lipinski definition) is 1. The van der Waals surface area contributed by atoms with Crippen molar-refractivity contribution in [1.82, 2.24) is 0 Å². The number of rotatable bonds is 6. The predicted molar refractivity (Wildman–Crippen MR) is 60.7 cm³/mol. The van der Waals surface area contributed by atoms with Gasteiger partial charge in [0, 0.05) is 6.04 Å². The lowest BCUT2D eigenvalue weighted by molar-refractivity contribution is 0.276. The van der Waals surface area contributed by atoms with Crippen LogP contribution in [0, 0.1) is 17.8 Å². The van der Waals surface area contributed by atoms with Crippen molar-refractivity contribution in [3.05, 3.63) is 0 Å². The second kappa shape index (κ2) is 6.42. The molecule has 0 aliphatic rings. The number of hydrogen-bond donors (Lipinski definition) is 1. The van der Waals surface area contributed by atoms with E-state index in [1.807, 2.05) is 0 Å². The second-order valence-corrected chi connectivity index (χ2v) is 4.70. The van der Waals surface area contributed by atoms with Gasteiger partial charge < -0.3 is 5.73 Å². The highest BCUT2D eigenvalue weighted by Gasteiger charge is 2.18. The van der Waals surface area contributed by atoms with E-state index in [0.29, 0.717) is 6.04 Å². The number of nitrogens with two attached hydrogens (primary N) is 1. The first-order valence-corrected chi connectivity index (χ1v) is 5.78. The first-order chi connectivity index (χ1) is 6.02. The summed E-state index contributed by atoms with van der Waals surface area (Å²) in [5, 5.41) is 0. The van der Waals surface area contributed by atoms with Crippen LogP contribution in [0.2, 0.25) is 0 Å². The molecule has 0 amide bonds. The van der Waals surface area contributed by atoms with Crippen molar-refractivity contribution >= 4 is 0 Å². The molecule has 0 aliphatic heterocycles. The minimum absolute atomic E-state index is 0.409. The Morgan fingerprint density at radius 1 is 1.00 bits per heavy atom. The smallest absolute Gasteiger partial charge is 0.00645 e. The fourth-order valence-electron chi connectivity index (χ4n) is 1.73. The highest BCUT2D eigenvalue weighted by molar-refractivity contribution is 4.73. The minimum Gasteiger partial charge on any atom is -0.327 e. The molecule has 0 aliphatic carbocycles. The van der Waals surface area contributed by atoms with Gasteiger partial charge in [-0.2, -0.15) is 0 Å². The van der Waals surface area contributed by atoms with Crippen molar-refractivity contribution in [1.29, 1.82) is 0 Å². The largest absolute Gasteiger partial charge is 0.327 e. The molecule has 1 nitrogen and oxygen atoms in total. The molecule has 0 spiro atoms. The van der Waals surface area contributed by atoms with Crippen molar-refractivity contribution in [2.75, 3.05) is 0 Å². The average Bonchev–Trinajstić information content (AvgIpc) is 2.12. The first-order valence-electron chi connectivity index (χ1n) is 5.78. The van der Waals surface area contributed by atoms with Crippen LogP contribution in [0.4, 0.5) is 0 Å². The summed E-state index contributed by atoms with van der Waals surface area (Å²) in [5.41, 5.74) is 6.08. The molecule has 0 rings (SSSR count). The molecular formula is C12H27N. The Kier molecular flexibility index (Phi) is 6.40. The molecule has 3 unspecified atom stereocenters. The first kappa shape index (κ1) is 13.0. The molecule has 0 heterocycles. The van der Waals surface area contributed by atoms with E-state index >= 15 is 0 Å². The van der Waals surface area contributed by atoms with Gasteiger partial charge in [-0.05, 0) is 30.6 Å². The normalized spacial score (nSPS) is 18.7. The van der Waals surface area contributed by atoms with E-state index in [0.717, 1.165) is 24.2 Å². The van der Waals surface area contributed by atoms with Gasteiger partial charge in [-0.15, -0.1) is 0 Å². The molecule has 0 aromatic carbocycles. The zero-order chi connectivity index (χ0) is 10.4.